The quantitative estimate of drug-likeness (QED) is 0.517. The van der Waals surface area contributed by atoms with Gasteiger partial charge in [-0.3, -0.25) is 14.9 Å². The number of hydrogen-bond donors (Lipinski definition) is 2. The van der Waals surface area contributed by atoms with Gasteiger partial charge in [0, 0.05) is 19.2 Å². The van der Waals surface area contributed by atoms with E-state index in [0.29, 0.717) is 0 Å². The number of nitro benzene ring substituents is 1. The molecule has 0 aliphatic carbocycles. The van der Waals surface area contributed by atoms with Crippen LogP contribution in [-0.4, -0.2) is 48.3 Å². The van der Waals surface area contributed by atoms with Crippen molar-refractivity contribution in [2.45, 2.75) is 6.04 Å². The van der Waals surface area contributed by atoms with Crippen LogP contribution in [0, 0.1) is 10.1 Å². The lowest BCUT2D eigenvalue weighted by Gasteiger charge is -2.13. The van der Waals surface area contributed by atoms with Gasteiger partial charge in [0.1, 0.15) is 5.75 Å². The van der Waals surface area contributed by atoms with Crippen LogP contribution in [0.25, 0.3) is 0 Å². The first-order valence-corrected chi connectivity index (χ1v) is 5.82. The summed E-state index contributed by atoms with van der Waals surface area (Å²) in [5, 5.41) is 21.5. The fraction of sp³-hybridized carbons (Fsp3) is 0.333. The van der Waals surface area contributed by atoms with Crippen molar-refractivity contribution in [1.82, 2.24) is 5.32 Å². The summed E-state index contributed by atoms with van der Waals surface area (Å²) in [4.78, 5) is 32.2. The molecule has 0 bridgehead atoms. The molecule has 0 saturated heterocycles. The van der Waals surface area contributed by atoms with Crippen molar-refractivity contribution in [1.29, 1.82) is 0 Å². The van der Waals surface area contributed by atoms with Crippen molar-refractivity contribution in [2.24, 2.45) is 0 Å². The Morgan fingerprint density at radius 1 is 1.38 bits per heavy atom. The van der Waals surface area contributed by atoms with Gasteiger partial charge in [0.05, 0.1) is 11.5 Å². The van der Waals surface area contributed by atoms with Crippen molar-refractivity contribution in [3.8, 4) is 5.75 Å². The van der Waals surface area contributed by atoms with E-state index in [1.807, 2.05) is 0 Å². The minimum atomic E-state index is -1.22. The Morgan fingerprint density at radius 2 is 2.00 bits per heavy atom. The molecule has 1 unspecified atom stereocenters. The summed E-state index contributed by atoms with van der Waals surface area (Å²) in [7, 11) is 1.31. The summed E-state index contributed by atoms with van der Waals surface area (Å²) in [6, 6.07) is 3.99. The number of hydrogen-bond acceptors (Lipinski definition) is 6. The van der Waals surface area contributed by atoms with Gasteiger partial charge in [0.15, 0.2) is 12.6 Å². The van der Waals surface area contributed by atoms with E-state index in [1.54, 1.807) is 0 Å². The van der Waals surface area contributed by atoms with Crippen LogP contribution in [0.4, 0.5) is 5.69 Å². The monoisotopic (exact) mass is 298 g/mol. The number of carbonyl (C=O) groups excluding carboxylic acids is 1. The molecular weight excluding hydrogens is 284 g/mol. The van der Waals surface area contributed by atoms with E-state index in [2.05, 4.69) is 10.1 Å². The van der Waals surface area contributed by atoms with Gasteiger partial charge in [-0.15, -0.1) is 0 Å². The number of ether oxygens (including phenoxy) is 2. The molecule has 9 nitrogen and oxygen atoms in total. The first-order valence-electron chi connectivity index (χ1n) is 5.82. The van der Waals surface area contributed by atoms with Crippen LogP contribution < -0.4 is 10.1 Å². The maximum atomic E-state index is 11.5. The molecule has 1 rings (SSSR count). The molecule has 1 aromatic carbocycles. The molecule has 21 heavy (non-hydrogen) atoms. The molecule has 1 atom stereocenters. The van der Waals surface area contributed by atoms with Gasteiger partial charge in [-0.05, 0) is 12.1 Å². The highest BCUT2D eigenvalue weighted by Crippen LogP contribution is 2.16. The van der Waals surface area contributed by atoms with Crippen LogP contribution in [0.15, 0.2) is 24.3 Å². The first-order chi connectivity index (χ1) is 9.93. The smallest absolute Gasteiger partial charge is 0.328 e. The lowest BCUT2D eigenvalue weighted by molar-refractivity contribution is -0.384. The number of nitrogens with one attached hydrogen (secondary N) is 1. The second-order valence-corrected chi connectivity index (χ2v) is 3.95. The van der Waals surface area contributed by atoms with Gasteiger partial charge in [0.2, 0.25) is 0 Å². The summed E-state index contributed by atoms with van der Waals surface area (Å²) in [6.45, 7) is -0.579. The van der Waals surface area contributed by atoms with Gasteiger partial charge >= 0.3 is 5.97 Å². The van der Waals surface area contributed by atoms with Crippen LogP contribution >= 0.6 is 0 Å². The Labute approximate surface area is 119 Å². The summed E-state index contributed by atoms with van der Waals surface area (Å²) in [5.41, 5.74) is -0.0992. The second-order valence-electron chi connectivity index (χ2n) is 3.95. The van der Waals surface area contributed by atoms with E-state index in [-0.39, 0.29) is 18.0 Å². The van der Waals surface area contributed by atoms with Gasteiger partial charge in [-0.2, -0.15) is 0 Å². The van der Waals surface area contributed by atoms with Crippen LogP contribution in [0.1, 0.15) is 0 Å². The molecule has 114 valence electrons. The van der Waals surface area contributed by atoms with Gasteiger partial charge in [-0.1, -0.05) is 0 Å². The number of nitrogens with zero attached hydrogens (tertiary/aromatic N) is 1. The molecule has 0 fully saturated rings. The van der Waals surface area contributed by atoms with Crippen molar-refractivity contribution < 1.29 is 29.1 Å². The number of non-ortho nitro benzene ring substituents is 1. The average molecular weight is 298 g/mol. The number of aliphatic carboxylic acids is 1. The number of carboxylic acids is 1. The minimum Gasteiger partial charge on any atom is -0.484 e. The summed E-state index contributed by atoms with van der Waals surface area (Å²) < 4.78 is 9.76. The zero-order chi connectivity index (χ0) is 15.8. The Bertz CT molecular complexity index is 515. The summed E-state index contributed by atoms with van der Waals surface area (Å²) in [5.74, 6) is -1.60. The molecule has 1 aromatic rings. The molecule has 0 spiro atoms. The maximum Gasteiger partial charge on any atom is 0.328 e. The predicted molar refractivity (Wildman–Crippen MR) is 70.0 cm³/mol. The van der Waals surface area contributed by atoms with Crippen molar-refractivity contribution in [3.05, 3.63) is 34.4 Å². The Hall–Kier alpha value is -2.68. The third-order valence-corrected chi connectivity index (χ3v) is 2.38. The van der Waals surface area contributed by atoms with Gasteiger partial charge < -0.3 is 19.9 Å². The molecule has 0 radical (unpaired) electrons. The second kappa shape index (κ2) is 7.80. The fourth-order valence-electron chi connectivity index (χ4n) is 1.39. The SMILES string of the molecule is COCC(NC(=O)COc1ccc([N+](=O)[O-])cc1)C(=O)O. The number of methoxy groups -OCH3 is 1. The number of rotatable bonds is 8. The molecule has 1 amide bonds. The van der Waals surface area contributed by atoms with E-state index in [9.17, 15) is 19.7 Å². The number of carboxylic acid groups (broad SMARTS) is 1. The number of nitro groups is 1. The summed E-state index contributed by atoms with van der Waals surface area (Å²) >= 11 is 0. The predicted octanol–water partition coefficient (Wildman–Crippen LogP) is 0.189. The lowest BCUT2D eigenvalue weighted by Crippen LogP contribution is -2.45. The van der Waals surface area contributed by atoms with Crippen LogP contribution in [-0.2, 0) is 14.3 Å². The van der Waals surface area contributed by atoms with Crippen LogP contribution in [0.5, 0.6) is 5.75 Å². The lowest BCUT2D eigenvalue weighted by atomic mass is 10.3. The third kappa shape index (κ3) is 5.45. The molecule has 0 saturated carbocycles. The van der Waals surface area contributed by atoms with E-state index in [0.717, 1.165) is 0 Å². The Balaban J connectivity index is 2.48. The van der Waals surface area contributed by atoms with Crippen molar-refractivity contribution >= 4 is 17.6 Å². The van der Waals surface area contributed by atoms with Gasteiger partial charge in [0.25, 0.3) is 11.6 Å². The molecule has 9 heteroatoms. The van der Waals surface area contributed by atoms with Crippen LogP contribution in [0.2, 0.25) is 0 Å². The zero-order valence-corrected chi connectivity index (χ0v) is 11.1. The topological polar surface area (TPSA) is 128 Å². The number of carbonyl (C=O) groups is 2. The highest BCUT2D eigenvalue weighted by atomic mass is 16.6. The van der Waals surface area contributed by atoms with Crippen molar-refractivity contribution in [2.75, 3.05) is 20.3 Å². The zero-order valence-electron chi connectivity index (χ0n) is 11.1. The van der Waals surface area contributed by atoms with Gasteiger partial charge in [-0.25, -0.2) is 4.79 Å². The molecule has 0 heterocycles. The highest BCUT2D eigenvalue weighted by molar-refractivity contribution is 5.84. The molecular formula is C12H14N2O7. The third-order valence-electron chi connectivity index (χ3n) is 2.38. The number of amides is 1. The molecule has 2 N–H and O–H groups in total. The molecule has 0 aliphatic rings. The maximum absolute atomic E-state index is 11.5. The Morgan fingerprint density at radius 3 is 2.48 bits per heavy atom. The van der Waals surface area contributed by atoms with E-state index in [4.69, 9.17) is 9.84 Å². The average Bonchev–Trinajstić information content (AvgIpc) is 2.45. The first kappa shape index (κ1) is 16.4. The normalized spacial score (nSPS) is 11.5. The van der Waals surface area contributed by atoms with E-state index in [1.165, 1.54) is 31.4 Å². The largest absolute Gasteiger partial charge is 0.484 e. The highest BCUT2D eigenvalue weighted by Gasteiger charge is 2.19. The number of benzene rings is 1. The fourth-order valence-corrected chi connectivity index (χ4v) is 1.39. The standard InChI is InChI=1S/C12H14N2O7/c1-20-6-10(12(16)17)13-11(15)7-21-9-4-2-8(3-5-9)14(18)19/h2-5,10H,6-7H2,1H3,(H,13,15)(H,16,17). The van der Waals surface area contributed by atoms with E-state index < -0.39 is 29.4 Å². The molecule has 0 aromatic heterocycles. The van der Waals surface area contributed by atoms with Crippen molar-refractivity contribution in [3.63, 3.8) is 0 Å². The van der Waals surface area contributed by atoms with E-state index >= 15 is 0 Å². The Kier molecular flexibility index (Phi) is 6.08. The summed E-state index contributed by atoms with van der Waals surface area (Å²) in [6.07, 6.45) is 0. The minimum absolute atomic E-state index is 0.0992. The van der Waals surface area contributed by atoms with Crippen LogP contribution in [0.3, 0.4) is 0 Å². The molecule has 0 aliphatic heterocycles.